The van der Waals surface area contributed by atoms with Gasteiger partial charge in [0.1, 0.15) is 5.82 Å². The van der Waals surface area contributed by atoms with Gasteiger partial charge in [-0.3, -0.25) is 0 Å². The number of β-amino-alcohol motifs (C(OH)–C–C–N with tert-alkyl or cyclic N) is 1. The molecule has 1 heterocycles. The molecule has 2 amide bonds. The Morgan fingerprint density at radius 3 is 2.68 bits per heavy atom. The number of urea groups is 1. The van der Waals surface area contributed by atoms with E-state index in [0.717, 1.165) is 25.7 Å². The molecule has 0 aromatic heterocycles. The Hall–Kier alpha value is -1.82. The van der Waals surface area contributed by atoms with E-state index in [1.165, 1.54) is 25.3 Å². The quantitative estimate of drug-likeness (QED) is 0.877. The Balaban J connectivity index is 1.64. The number of anilines is 2. The molecule has 138 valence electrons. The molecular formula is C19H28FN3O2. The molecule has 2 aliphatic rings. The zero-order chi connectivity index (χ0) is 17.8. The largest absolute Gasteiger partial charge is 0.391 e. The van der Waals surface area contributed by atoms with E-state index in [-0.39, 0.29) is 11.8 Å². The third-order valence-corrected chi connectivity index (χ3v) is 5.39. The Morgan fingerprint density at radius 2 is 2.00 bits per heavy atom. The number of likely N-dealkylation sites (tertiary alicyclic amines) is 1. The second kappa shape index (κ2) is 8.04. The van der Waals surface area contributed by atoms with Crippen LogP contribution in [0.2, 0.25) is 0 Å². The molecule has 6 heteroatoms. The number of hydrogen-bond donors (Lipinski definition) is 2. The number of halogens is 1. The molecule has 5 nitrogen and oxygen atoms in total. The van der Waals surface area contributed by atoms with Crippen molar-refractivity contribution < 1.29 is 14.3 Å². The fraction of sp³-hybridized carbons (Fsp3) is 0.632. The first-order valence-corrected chi connectivity index (χ1v) is 9.31. The molecule has 1 aromatic rings. The number of nitrogens with one attached hydrogen (secondary N) is 1. The maximum atomic E-state index is 14.6. The average molecular weight is 349 g/mol. The Bertz CT molecular complexity index is 604. The summed E-state index contributed by atoms with van der Waals surface area (Å²) in [6, 6.07) is 4.97. The number of hydrogen-bond acceptors (Lipinski definition) is 3. The second-order valence-electron chi connectivity index (χ2n) is 7.24. The van der Waals surface area contributed by atoms with Crippen molar-refractivity contribution in [3.8, 4) is 0 Å². The maximum Gasteiger partial charge on any atom is 0.321 e. The lowest BCUT2D eigenvalue weighted by atomic mass is 9.94. The van der Waals surface area contributed by atoms with E-state index in [0.29, 0.717) is 30.5 Å². The van der Waals surface area contributed by atoms with Gasteiger partial charge in [0.2, 0.25) is 0 Å². The predicted octanol–water partition coefficient (Wildman–Crippen LogP) is 3.58. The van der Waals surface area contributed by atoms with Crippen LogP contribution in [0.3, 0.4) is 0 Å². The lowest BCUT2D eigenvalue weighted by Gasteiger charge is -2.33. The molecular weight excluding hydrogens is 321 g/mol. The van der Waals surface area contributed by atoms with Crippen LogP contribution in [0.1, 0.15) is 44.9 Å². The summed E-state index contributed by atoms with van der Waals surface area (Å²) in [5.41, 5.74) is 1.03. The first kappa shape index (κ1) is 18.0. The van der Waals surface area contributed by atoms with E-state index in [1.807, 2.05) is 11.9 Å². The first-order chi connectivity index (χ1) is 12.0. The number of carbonyl (C=O) groups excluding carboxylic acids is 1. The summed E-state index contributed by atoms with van der Waals surface area (Å²) in [6.45, 7) is 0.949. The molecule has 2 fully saturated rings. The van der Waals surface area contributed by atoms with Crippen molar-refractivity contribution in [2.75, 3.05) is 30.4 Å². The van der Waals surface area contributed by atoms with Crippen molar-refractivity contribution in [1.82, 2.24) is 4.90 Å². The van der Waals surface area contributed by atoms with Crippen LogP contribution in [-0.4, -0.2) is 48.3 Å². The molecule has 1 aliphatic carbocycles. The highest BCUT2D eigenvalue weighted by Gasteiger charge is 2.23. The second-order valence-corrected chi connectivity index (χ2v) is 7.24. The Morgan fingerprint density at radius 1 is 1.24 bits per heavy atom. The van der Waals surface area contributed by atoms with E-state index in [4.69, 9.17) is 0 Å². The van der Waals surface area contributed by atoms with E-state index < -0.39 is 6.10 Å². The smallest absolute Gasteiger partial charge is 0.321 e. The van der Waals surface area contributed by atoms with E-state index >= 15 is 0 Å². The number of aliphatic hydroxyl groups excluding tert-OH is 1. The lowest BCUT2D eigenvalue weighted by Crippen LogP contribution is -2.44. The minimum atomic E-state index is -0.470. The van der Waals surface area contributed by atoms with Crippen LogP contribution in [0.4, 0.5) is 20.6 Å². The van der Waals surface area contributed by atoms with Crippen LogP contribution in [0, 0.1) is 5.82 Å². The monoisotopic (exact) mass is 349 g/mol. The normalized spacial score (nSPS) is 21.9. The fourth-order valence-corrected chi connectivity index (χ4v) is 3.88. The highest BCUT2D eigenvalue weighted by atomic mass is 19.1. The van der Waals surface area contributed by atoms with Crippen LogP contribution in [-0.2, 0) is 0 Å². The number of aliphatic hydroxyl groups is 1. The standard InChI is InChI=1S/C19H28FN3O2/c1-22(15-6-3-2-4-7-15)18-10-9-14(12-17(18)20)21-19(25)23-11-5-8-16(24)13-23/h9-10,12,15-16,24H,2-8,11,13H2,1H3,(H,21,25). The molecule has 2 N–H and O–H groups in total. The van der Waals surface area contributed by atoms with Crippen molar-refractivity contribution in [3.63, 3.8) is 0 Å². The highest BCUT2D eigenvalue weighted by molar-refractivity contribution is 5.89. The highest BCUT2D eigenvalue weighted by Crippen LogP contribution is 2.29. The number of benzene rings is 1. The zero-order valence-electron chi connectivity index (χ0n) is 14.9. The maximum absolute atomic E-state index is 14.6. The van der Waals surface area contributed by atoms with E-state index in [1.54, 1.807) is 17.0 Å². The van der Waals surface area contributed by atoms with Crippen LogP contribution < -0.4 is 10.2 Å². The summed E-state index contributed by atoms with van der Waals surface area (Å²) in [5.74, 6) is -0.315. The number of amides is 2. The molecule has 1 saturated heterocycles. The van der Waals surface area contributed by atoms with Crippen molar-refractivity contribution in [3.05, 3.63) is 24.0 Å². The van der Waals surface area contributed by atoms with Gasteiger partial charge in [-0.1, -0.05) is 19.3 Å². The molecule has 0 bridgehead atoms. The van der Waals surface area contributed by atoms with Crippen molar-refractivity contribution >= 4 is 17.4 Å². The van der Waals surface area contributed by atoms with Gasteiger partial charge in [0.15, 0.2) is 0 Å². The van der Waals surface area contributed by atoms with Crippen LogP contribution >= 0.6 is 0 Å². The van der Waals surface area contributed by atoms with E-state index in [2.05, 4.69) is 5.32 Å². The van der Waals surface area contributed by atoms with Gasteiger partial charge in [0.05, 0.1) is 11.8 Å². The predicted molar refractivity (Wildman–Crippen MR) is 97.5 cm³/mol. The first-order valence-electron chi connectivity index (χ1n) is 9.31. The van der Waals surface area contributed by atoms with Gasteiger partial charge >= 0.3 is 6.03 Å². The zero-order valence-corrected chi connectivity index (χ0v) is 14.9. The molecule has 25 heavy (non-hydrogen) atoms. The molecule has 0 radical (unpaired) electrons. The number of piperidine rings is 1. The summed E-state index contributed by atoms with van der Waals surface area (Å²) < 4.78 is 14.6. The van der Waals surface area contributed by atoms with Gasteiger partial charge in [0.25, 0.3) is 0 Å². The molecule has 1 saturated carbocycles. The third kappa shape index (κ3) is 4.42. The number of rotatable bonds is 3. The van der Waals surface area contributed by atoms with Crippen LogP contribution in [0.15, 0.2) is 18.2 Å². The summed E-state index contributed by atoms with van der Waals surface area (Å²) in [5, 5.41) is 12.4. The van der Waals surface area contributed by atoms with Crippen LogP contribution in [0.5, 0.6) is 0 Å². The molecule has 1 unspecified atom stereocenters. The molecule has 1 aromatic carbocycles. The molecule has 3 rings (SSSR count). The van der Waals surface area contributed by atoms with Gasteiger partial charge in [-0.05, 0) is 43.9 Å². The molecule has 1 atom stereocenters. The van der Waals surface area contributed by atoms with Crippen molar-refractivity contribution in [1.29, 1.82) is 0 Å². The molecule has 0 spiro atoms. The molecule has 1 aliphatic heterocycles. The van der Waals surface area contributed by atoms with Gasteiger partial charge in [-0.2, -0.15) is 0 Å². The lowest BCUT2D eigenvalue weighted by molar-refractivity contribution is 0.0883. The Kier molecular flexibility index (Phi) is 5.78. The minimum Gasteiger partial charge on any atom is -0.391 e. The summed E-state index contributed by atoms with van der Waals surface area (Å²) in [4.78, 5) is 15.9. The van der Waals surface area contributed by atoms with Gasteiger partial charge in [-0.25, -0.2) is 9.18 Å². The fourth-order valence-electron chi connectivity index (χ4n) is 3.88. The SMILES string of the molecule is CN(c1ccc(NC(=O)N2CCCC(O)C2)cc1F)C1CCCCC1. The van der Waals surface area contributed by atoms with E-state index in [9.17, 15) is 14.3 Å². The third-order valence-electron chi connectivity index (χ3n) is 5.39. The summed E-state index contributed by atoms with van der Waals surface area (Å²) >= 11 is 0. The van der Waals surface area contributed by atoms with Gasteiger partial charge < -0.3 is 20.2 Å². The summed E-state index contributed by atoms with van der Waals surface area (Å²) in [6.07, 6.45) is 6.91. The number of nitrogens with zero attached hydrogens (tertiary/aromatic N) is 2. The Labute approximate surface area is 148 Å². The van der Waals surface area contributed by atoms with Gasteiger partial charge in [-0.15, -0.1) is 0 Å². The topological polar surface area (TPSA) is 55.8 Å². The summed E-state index contributed by atoms with van der Waals surface area (Å²) in [7, 11) is 1.95. The number of carbonyl (C=O) groups is 1. The van der Waals surface area contributed by atoms with Gasteiger partial charge in [0, 0.05) is 31.9 Å². The van der Waals surface area contributed by atoms with Crippen molar-refractivity contribution in [2.24, 2.45) is 0 Å². The van der Waals surface area contributed by atoms with Crippen molar-refractivity contribution in [2.45, 2.75) is 57.1 Å². The van der Waals surface area contributed by atoms with Crippen LogP contribution in [0.25, 0.3) is 0 Å². The average Bonchev–Trinajstić information content (AvgIpc) is 2.62. The minimum absolute atomic E-state index is 0.286.